The zero-order chi connectivity index (χ0) is 12.8. The molecular formula is C12H22N4O. The van der Waals surface area contributed by atoms with Crippen LogP contribution in [0, 0.1) is 5.92 Å². The van der Waals surface area contributed by atoms with E-state index in [4.69, 9.17) is 0 Å². The Bertz CT molecular complexity index is 359. The van der Waals surface area contributed by atoms with Gasteiger partial charge in [0.25, 0.3) is 0 Å². The first-order chi connectivity index (χ1) is 7.99. The van der Waals surface area contributed by atoms with Gasteiger partial charge in [0.1, 0.15) is 0 Å². The van der Waals surface area contributed by atoms with Crippen molar-refractivity contribution in [2.45, 2.75) is 33.4 Å². The van der Waals surface area contributed by atoms with Crippen molar-refractivity contribution in [1.29, 1.82) is 0 Å². The van der Waals surface area contributed by atoms with Crippen LogP contribution in [0.15, 0.2) is 12.3 Å². The largest absolute Gasteiger partial charge is 0.354 e. The van der Waals surface area contributed by atoms with E-state index in [1.54, 1.807) is 4.68 Å². The highest BCUT2D eigenvalue weighted by atomic mass is 16.2. The Hall–Kier alpha value is -1.36. The van der Waals surface area contributed by atoms with Crippen molar-refractivity contribution in [2.75, 3.05) is 6.54 Å². The average Bonchev–Trinajstić information content (AvgIpc) is 2.68. The van der Waals surface area contributed by atoms with E-state index in [0.29, 0.717) is 19.0 Å². The quantitative estimate of drug-likeness (QED) is 0.766. The molecule has 1 rings (SSSR count). The summed E-state index contributed by atoms with van der Waals surface area (Å²) in [7, 11) is 1.88. The fourth-order valence-corrected chi connectivity index (χ4v) is 1.37. The van der Waals surface area contributed by atoms with E-state index in [9.17, 15) is 4.79 Å². The van der Waals surface area contributed by atoms with Crippen molar-refractivity contribution in [3.63, 3.8) is 0 Å². The molecule has 0 bridgehead atoms. The van der Waals surface area contributed by atoms with E-state index >= 15 is 0 Å². The summed E-state index contributed by atoms with van der Waals surface area (Å²) in [6.07, 6.45) is 1.89. The minimum absolute atomic E-state index is 0.0367. The van der Waals surface area contributed by atoms with Gasteiger partial charge in [-0.1, -0.05) is 13.8 Å². The first-order valence-electron chi connectivity index (χ1n) is 5.98. The number of nitrogens with zero attached hydrogens (tertiary/aromatic N) is 2. The second kappa shape index (κ2) is 6.39. The predicted octanol–water partition coefficient (Wildman–Crippen LogP) is 0.670. The molecule has 0 saturated carbocycles. The van der Waals surface area contributed by atoms with Gasteiger partial charge in [-0.3, -0.25) is 9.48 Å². The minimum atomic E-state index is -0.198. The number of amides is 1. The normalized spacial score (nSPS) is 12.8. The number of carbonyl (C=O) groups is 1. The molecule has 0 saturated heterocycles. The summed E-state index contributed by atoms with van der Waals surface area (Å²) in [5.74, 6) is 0.511. The number of nitrogens with one attached hydrogen (secondary N) is 2. The van der Waals surface area contributed by atoms with Crippen LogP contribution in [0.1, 0.15) is 26.5 Å². The molecule has 0 fully saturated rings. The third-order valence-corrected chi connectivity index (χ3v) is 2.44. The molecule has 0 aliphatic heterocycles. The molecule has 1 atom stereocenters. The van der Waals surface area contributed by atoms with E-state index in [0.717, 1.165) is 5.69 Å². The molecular weight excluding hydrogens is 216 g/mol. The van der Waals surface area contributed by atoms with Gasteiger partial charge in [0.2, 0.25) is 5.91 Å². The maximum Gasteiger partial charge on any atom is 0.236 e. The van der Waals surface area contributed by atoms with Crippen molar-refractivity contribution in [2.24, 2.45) is 13.0 Å². The van der Waals surface area contributed by atoms with E-state index in [1.165, 1.54) is 0 Å². The molecule has 96 valence electrons. The predicted molar refractivity (Wildman–Crippen MR) is 67.4 cm³/mol. The van der Waals surface area contributed by atoms with Gasteiger partial charge in [-0.25, -0.2) is 0 Å². The summed E-state index contributed by atoms with van der Waals surface area (Å²) < 4.78 is 1.75. The Morgan fingerprint density at radius 3 is 2.71 bits per heavy atom. The molecule has 0 aliphatic carbocycles. The van der Waals surface area contributed by atoms with Crippen LogP contribution in [0.5, 0.6) is 0 Å². The molecule has 1 unspecified atom stereocenters. The SMILES string of the molecule is CC(C)CNC(=O)C(C)NCc1ccn(C)n1. The van der Waals surface area contributed by atoms with Crippen molar-refractivity contribution in [3.8, 4) is 0 Å². The zero-order valence-corrected chi connectivity index (χ0v) is 11.0. The summed E-state index contributed by atoms with van der Waals surface area (Å²) in [6.45, 7) is 7.34. The first kappa shape index (κ1) is 13.7. The van der Waals surface area contributed by atoms with Gasteiger partial charge in [0.15, 0.2) is 0 Å². The van der Waals surface area contributed by atoms with Crippen molar-refractivity contribution < 1.29 is 4.79 Å². The molecule has 0 aliphatic rings. The van der Waals surface area contributed by atoms with Crippen LogP contribution in [0.2, 0.25) is 0 Å². The van der Waals surface area contributed by atoms with Gasteiger partial charge in [0, 0.05) is 26.3 Å². The lowest BCUT2D eigenvalue weighted by Crippen LogP contribution is -2.43. The van der Waals surface area contributed by atoms with Crippen LogP contribution >= 0.6 is 0 Å². The van der Waals surface area contributed by atoms with Crippen molar-refractivity contribution in [3.05, 3.63) is 18.0 Å². The number of aromatic nitrogens is 2. The van der Waals surface area contributed by atoms with E-state index in [2.05, 4.69) is 29.6 Å². The summed E-state index contributed by atoms with van der Waals surface area (Å²) in [5, 5.41) is 10.3. The topological polar surface area (TPSA) is 59.0 Å². The molecule has 17 heavy (non-hydrogen) atoms. The molecule has 5 heteroatoms. The number of carbonyl (C=O) groups excluding carboxylic acids is 1. The van der Waals surface area contributed by atoms with Crippen LogP contribution in [0.4, 0.5) is 0 Å². The Labute approximate surface area is 103 Å². The Morgan fingerprint density at radius 2 is 2.18 bits per heavy atom. The second-order valence-electron chi connectivity index (χ2n) is 4.72. The number of hydrogen-bond acceptors (Lipinski definition) is 3. The summed E-state index contributed by atoms with van der Waals surface area (Å²) >= 11 is 0. The summed E-state index contributed by atoms with van der Waals surface area (Å²) in [6, 6.07) is 1.74. The van der Waals surface area contributed by atoms with Crippen LogP contribution in [0.3, 0.4) is 0 Å². The highest BCUT2D eigenvalue weighted by Gasteiger charge is 2.12. The third-order valence-electron chi connectivity index (χ3n) is 2.44. The number of aryl methyl sites for hydroxylation is 1. The van der Waals surface area contributed by atoms with Crippen molar-refractivity contribution in [1.82, 2.24) is 20.4 Å². The number of rotatable bonds is 6. The highest BCUT2D eigenvalue weighted by molar-refractivity contribution is 5.81. The highest BCUT2D eigenvalue weighted by Crippen LogP contribution is 1.95. The van der Waals surface area contributed by atoms with Crippen LogP contribution < -0.4 is 10.6 Å². The molecule has 5 nitrogen and oxygen atoms in total. The maximum absolute atomic E-state index is 11.7. The third kappa shape index (κ3) is 4.99. The molecule has 1 aromatic rings. The smallest absolute Gasteiger partial charge is 0.236 e. The van der Waals surface area contributed by atoms with Gasteiger partial charge in [-0.05, 0) is 18.9 Å². The second-order valence-corrected chi connectivity index (χ2v) is 4.72. The van der Waals surface area contributed by atoms with E-state index in [-0.39, 0.29) is 11.9 Å². The Kier molecular flexibility index (Phi) is 5.15. The van der Waals surface area contributed by atoms with E-state index < -0.39 is 0 Å². The number of hydrogen-bond donors (Lipinski definition) is 2. The van der Waals surface area contributed by atoms with E-state index in [1.807, 2.05) is 26.2 Å². The fraction of sp³-hybridized carbons (Fsp3) is 0.667. The Morgan fingerprint density at radius 1 is 1.47 bits per heavy atom. The van der Waals surface area contributed by atoms with Gasteiger partial charge in [-0.15, -0.1) is 0 Å². The van der Waals surface area contributed by atoms with Crippen LogP contribution in [-0.2, 0) is 18.4 Å². The standard InChI is InChI=1S/C12H22N4O/c1-9(2)7-14-12(17)10(3)13-8-11-5-6-16(4)15-11/h5-6,9-10,13H,7-8H2,1-4H3,(H,14,17). The average molecular weight is 238 g/mol. The molecule has 0 radical (unpaired) electrons. The molecule has 0 aromatic carbocycles. The van der Waals surface area contributed by atoms with Gasteiger partial charge in [0.05, 0.1) is 11.7 Å². The van der Waals surface area contributed by atoms with Crippen LogP contribution in [-0.4, -0.2) is 28.3 Å². The van der Waals surface area contributed by atoms with Crippen LogP contribution in [0.25, 0.3) is 0 Å². The summed E-state index contributed by atoms with van der Waals surface area (Å²) in [4.78, 5) is 11.7. The molecule has 0 spiro atoms. The fourth-order valence-electron chi connectivity index (χ4n) is 1.37. The first-order valence-corrected chi connectivity index (χ1v) is 5.98. The monoisotopic (exact) mass is 238 g/mol. The molecule has 2 N–H and O–H groups in total. The summed E-state index contributed by atoms with van der Waals surface area (Å²) in [5.41, 5.74) is 0.941. The van der Waals surface area contributed by atoms with Gasteiger partial charge >= 0.3 is 0 Å². The molecule has 1 amide bonds. The minimum Gasteiger partial charge on any atom is -0.354 e. The Balaban J connectivity index is 2.29. The lowest BCUT2D eigenvalue weighted by Gasteiger charge is -2.14. The van der Waals surface area contributed by atoms with Gasteiger partial charge in [-0.2, -0.15) is 5.10 Å². The molecule has 1 aromatic heterocycles. The lowest BCUT2D eigenvalue weighted by molar-refractivity contribution is -0.122. The van der Waals surface area contributed by atoms with Crippen molar-refractivity contribution >= 4 is 5.91 Å². The zero-order valence-electron chi connectivity index (χ0n) is 11.0. The molecule has 1 heterocycles. The maximum atomic E-state index is 11.7. The van der Waals surface area contributed by atoms with Gasteiger partial charge < -0.3 is 10.6 Å². The lowest BCUT2D eigenvalue weighted by atomic mass is 10.2.